The zero-order valence-corrected chi connectivity index (χ0v) is 28.3. The SMILES string of the molecule is c1ccc2c(c1)ccc1ccc(N(c3ccc(-c4cccc5sc6ccccc6c45)cc3)c3cccc4oc5c6ccccc6ccc5c34)cc12. The molecular weight excluding hydrogens is 639 g/mol. The topological polar surface area (TPSA) is 16.4 Å². The highest BCUT2D eigenvalue weighted by molar-refractivity contribution is 7.25. The summed E-state index contributed by atoms with van der Waals surface area (Å²) >= 11 is 1.86. The number of hydrogen-bond acceptors (Lipinski definition) is 3. The first-order valence-electron chi connectivity index (χ1n) is 17.3. The quantitative estimate of drug-likeness (QED) is 0.174. The van der Waals surface area contributed by atoms with Crippen molar-refractivity contribution in [1.29, 1.82) is 0 Å². The molecule has 2 heterocycles. The summed E-state index contributed by atoms with van der Waals surface area (Å²) in [7, 11) is 0. The lowest BCUT2D eigenvalue weighted by Crippen LogP contribution is -2.10. The summed E-state index contributed by atoms with van der Waals surface area (Å²) in [5, 5.41) is 12.1. The fraction of sp³-hybridized carbons (Fsp3) is 0. The summed E-state index contributed by atoms with van der Waals surface area (Å²) in [6.45, 7) is 0. The molecule has 2 aromatic heterocycles. The summed E-state index contributed by atoms with van der Waals surface area (Å²) in [4.78, 5) is 2.40. The minimum Gasteiger partial charge on any atom is -0.455 e. The van der Waals surface area contributed by atoms with Gasteiger partial charge in [-0.3, -0.25) is 0 Å². The van der Waals surface area contributed by atoms with E-state index in [1.165, 1.54) is 58.2 Å². The first kappa shape index (κ1) is 28.4. The molecular formula is C48H29NOS. The van der Waals surface area contributed by atoms with E-state index in [2.05, 4.69) is 181 Å². The molecule has 11 rings (SSSR count). The first-order chi connectivity index (χ1) is 25.3. The van der Waals surface area contributed by atoms with Crippen molar-refractivity contribution in [3.8, 4) is 11.1 Å². The molecule has 0 aliphatic heterocycles. The van der Waals surface area contributed by atoms with Crippen LogP contribution < -0.4 is 4.90 Å². The van der Waals surface area contributed by atoms with Crippen molar-refractivity contribution >= 4 is 103 Å². The van der Waals surface area contributed by atoms with Crippen molar-refractivity contribution in [1.82, 2.24) is 0 Å². The molecule has 51 heavy (non-hydrogen) atoms. The number of nitrogens with zero attached hydrogens (tertiary/aromatic N) is 1. The van der Waals surface area contributed by atoms with E-state index in [1.807, 2.05) is 11.3 Å². The van der Waals surface area contributed by atoms with Crippen molar-refractivity contribution in [2.45, 2.75) is 0 Å². The second-order valence-electron chi connectivity index (χ2n) is 13.3. The van der Waals surface area contributed by atoms with Crippen molar-refractivity contribution < 1.29 is 4.42 Å². The molecule has 0 fully saturated rings. The number of rotatable bonds is 4. The average Bonchev–Trinajstić information content (AvgIpc) is 3.78. The van der Waals surface area contributed by atoms with Gasteiger partial charge in [-0.2, -0.15) is 0 Å². The van der Waals surface area contributed by atoms with E-state index in [4.69, 9.17) is 4.42 Å². The summed E-state index contributed by atoms with van der Waals surface area (Å²) in [5.41, 5.74) is 7.53. The molecule has 0 unspecified atom stereocenters. The zero-order chi connectivity index (χ0) is 33.5. The summed E-state index contributed by atoms with van der Waals surface area (Å²) in [5.74, 6) is 0. The lowest BCUT2D eigenvalue weighted by molar-refractivity contribution is 0.672. The largest absolute Gasteiger partial charge is 0.455 e. The Bertz CT molecular complexity index is 3150. The number of thiophene rings is 1. The molecule has 0 N–H and O–H groups in total. The molecule has 0 amide bonds. The first-order valence-corrected chi connectivity index (χ1v) is 18.2. The predicted octanol–water partition coefficient (Wildman–Crippen LogP) is 14.6. The Hall–Kier alpha value is -6.42. The Labute approximate surface area is 298 Å². The molecule has 0 atom stereocenters. The van der Waals surface area contributed by atoms with Crippen LogP contribution in [0.5, 0.6) is 0 Å². The highest BCUT2D eigenvalue weighted by Crippen LogP contribution is 2.46. The van der Waals surface area contributed by atoms with Gasteiger partial charge in [0, 0.05) is 42.3 Å². The van der Waals surface area contributed by atoms with E-state index in [9.17, 15) is 0 Å². The second-order valence-corrected chi connectivity index (χ2v) is 14.4. The third kappa shape index (κ3) is 4.35. The molecule has 0 saturated carbocycles. The minimum atomic E-state index is 0.878. The normalized spacial score (nSPS) is 11.9. The molecule has 0 spiro atoms. The standard InChI is InChI=1S/C48H29NOS/c1-3-11-36-30(9-1)19-20-33-23-27-35(29-41(33)36)49(42-15-8-16-43-47(42)40-28-24-31-10-2-4-12-38(31)48(40)50-43)34-25-21-32(22-26-34)37-14-7-18-45-46(37)39-13-5-6-17-44(39)51-45/h1-29H. The summed E-state index contributed by atoms with van der Waals surface area (Å²) in [6.07, 6.45) is 0. The highest BCUT2D eigenvalue weighted by Gasteiger charge is 2.21. The zero-order valence-electron chi connectivity index (χ0n) is 27.5. The molecule has 2 nitrogen and oxygen atoms in total. The number of fused-ring (bicyclic) bond motifs is 11. The lowest BCUT2D eigenvalue weighted by Gasteiger charge is -2.27. The number of furan rings is 1. The van der Waals surface area contributed by atoms with Gasteiger partial charge in [0.15, 0.2) is 0 Å². The maximum absolute atomic E-state index is 6.68. The molecule has 9 aromatic carbocycles. The Morgan fingerprint density at radius 2 is 1.06 bits per heavy atom. The fourth-order valence-electron chi connectivity index (χ4n) is 8.08. The molecule has 0 aliphatic carbocycles. The van der Waals surface area contributed by atoms with Gasteiger partial charge in [-0.25, -0.2) is 0 Å². The minimum absolute atomic E-state index is 0.878. The molecule has 0 bridgehead atoms. The Kier molecular flexibility index (Phi) is 6.16. The average molecular weight is 668 g/mol. The van der Waals surface area contributed by atoms with Gasteiger partial charge in [0.25, 0.3) is 0 Å². The third-order valence-electron chi connectivity index (χ3n) is 10.4. The molecule has 0 aliphatic rings. The fourth-order valence-corrected chi connectivity index (χ4v) is 9.22. The van der Waals surface area contributed by atoms with Gasteiger partial charge in [-0.15, -0.1) is 11.3 Å². The molecule has 11 aromatic rings. The van der Waals surface area contributed by atoms with E-state index < -0.39 is 0 Å². The van der Waals surface area contributed by atoms with Crippen molar-refractivity contribution in [2.24, 2.45) is 0 Å². The van der Waals surface area contributed by atoms with Crippen LogP contribution in [0.2, 0.25) is 0 Å². The third-order valence-corrected chi connectivity index (χ3v) is 11.6. The van der Waals surface area contributed by atoms with Crippen LogP contribution in [0, 0.1) is 0 Å². The molecule has 238 valence electrons. The van der Waals surface area contributed by atoms with Crippen LogP contribution in [0.15, 0.2) is 180 Å². The second kappa shape index (κ2) is 11.0. The van der Waals surface area contributed by atoms with Crippen LogP contribution in [0.25, 0.3) is 85.6 Å². The van der Waals surface area contributed by atoms with E-state index >= 15 is 0 Å². The Morgan fingerprint density at radius 3 is 1.92 bits per heavy atom. The van der Waals surface area contributed by atoms with Crippen LogP contribution in [0.3, 0.4) is 0 Å². The number of anilines is 3. The van der Waals surface area contributed by atoms with Crippen LogP contribution >= 0.6 is 11.3 Å². The predicted molar refractivity (Wildman–Crippen MR) is 219 cm³/mol. The highest BCUT2D eigenvalue weighted by atomic mass is 32.1. The van der Waals surface area contributed by atoms with Gasteiger partial charge in [0.05, 0.1) is 11.1 Å². The van der Waals surface area contributed by atoms with Crippen LogP contribution in [-0.2, 0) is 0 Å². The van der Waals surface area contributed by atoms with Gasteiger partial charge in [-0.05, 0) is 92.7 Å². The molecule has 3 heteroatoms. The smallest absolute Gasteiger partial charge is 0.143 e. The maximum atomic E-state index is 6.68. The van der Waals surface area contributed by atoms with Gasteiger partial charge in [0.2, 0.25) is 0 Å². The molecule has 0 radical (unpaired) electrons. The Morgan fingerprint density at radius 1 is 0.412 bits per heavy atom. The van der Waals surface area contributed by atoms with Crippen LogP contribution in [-0.4, -0.2) is 0 Å². The van der Waals surface area contributed by atoms with E-state index in [-0.39, 0.29) is 0 Å². The molecule has 0 saturated heterocycles. The van der Waals surface area contributed by atoms with Crippen LogP contribution in [0.1, 0.15) is 0 Å². The van der Waals surface area contributed by atoms with Crippen LogP contribution in [0.4, 0.5) is 17.1 Å². The van der Waals surface area contributed by atoms with Crippen molar-refractivity contribution in [3.63, 3.8) is 0 Å². The van der Waals surface area contributed by atoms with Gasteiger partial charge >= 0.3 is 0 Å². The lowest BCUT2D eigenvalue weighted by atomic mass is 9.98. The summed E-state index contributed by atoms with van der Waals surface area (Å²) in [6, 6.07) is 63.8. The van der Waals surface area contributed by atoms with E-state index in [0.29, 0.717) is 0 Å². The number of benzene rings is 9. The van der Waals surface area contributed by atoms with E-state index in [1.54, 1.807) is 0 Å². The maximum Gasteiger partial charge on any atom is 0.143 e. The van der Waals surface area contributed by atoms with Gasteiger partial charge in [-0.1, -0.05) is 121 Å². The Balaban J connectivity index is 1.15. The summed E-state index contributed by atoms with van der Waals surface area (Å²) < 4.78 is 9.31. The van der Waals surface area contributed by atoms with Crippen molar-refractivity contribution in [3.05, 3.63) is 176 Å². The van der Waals surface area contributed by atoms with Gasteiger partial charge < -0.3 is 9.32 Å². The van der Waals surface area contributed by atoms with Gasteiger partial charge in [0.1, 0.15) is 11.2 Å². The van der Waals surface area contributed by atoms with Crippen molar-refractivity contribution in [2.75, 3.05) is 4.90 Å². The number of hydrogen-bond donors (Lipinski definition) is 0. The van der Waals surface area contributed by atoms with E-state index in [0.717, 1.165) is 44.4 Å². The monoisotopic (exact) mass is 667 g/mol.